The molecule has 0 radical (unpaired) electrons. The van der Waals surface area contributed by atoms with Crippen LogP contribution in [0.1, 0.15) is 28.7 Å². The average molecular weight is 329 g/mol. The van der Waals surface area contributed by atoms with Crippen molar-refractivity contribution in [3.63, 3.8) is 0 Å². The molecule has 1 amide bonds. The molecule has 0 spiro atoms. The fraction of sp³-hybridized carbons (Fsp3) is 0.471. The van der Waals surface area contributed by atoms with Crippen LogP contribution in [0.5, 0.6) is 0 Å². The summed E-state index contributed by atoms with van der Waals surface area (Å²) in [5.74, 6) is 1.23. The highest BCUT2D eigenvalue weighted by Gasteiger charge is 2.19. The normalized spacial score (nSPS) is 15.5. The molecule has 7 heteroatoms. The van der Waals surface area contributed by atoms with Gasteiger partial charge in [-0.15, -0.1) is 0 Å². The first-order valence-electron chi connectivity index (χ1n) is 8.29. The molecule has 0 aromatic carbocycles. The number of aromatic nitrogens is 2. The quantitative estimate of drug-likeness (QED) is 0.895. The number of nitrogens with one attached hydrogen (secondary N) is 1. The predicted octanol–water partition coefficient (Wildman–Crippen LogP) is 1.45. The number of hydrogen-bond donors (Lipinski definition) is 1. The minimum absolute atomic E-state index is 0.189. The van der Waals surface area contributed by atoms with Crippen molar-refractivity contribution < 1.29 is 9.21 Å². The molecule has 1 aliphatic heterocycles. The number of aryl methyl sites for hydroxylation is 1. The molecule has 0 aliphatic carbocycles. The molecule has 2 aromatic heterocycles. The molecule has 24 heavy (non-hydrogen) atoms. The van der Waals surface area contributed by atoms with E-state index in [9.17, 15) is 4.79 Å². The zero-order valence-electron chi connectivity index (χ0n) is 14.2. The molecular formula is C17H23N5O2. The number of hydrogen-bond acceptors (Lipinski definition) is 6. The summed E-state index contributed by atoms with van der Waals surface area (Å²) in [4.78, 5) is 25.8. The third kappa shape index (κ3) is 3.73. The van der Waals surface area contributed by atoms with Crippen LogP contribution in [0.2, 0.25) is 0 Å². The van der Waals surface area contributed by atoms with Crippen LogP contribution in [-0.2, 0) is 6.54 Å². The van der Waals surface area contributed by atoms with Crippen molar-refractivity contribution in [2.75, 3.05) is 37.6 Å². The number of nitrogens with zero attached hydrogens (tertiary/aromatic N) is 4. The third-order valence-electron chi connectivity index (χ3n) is 4.32. The van der Waals surface area contributed by atoms with Gasteiger partial charge >= 0.3 is 0 Å². The second-order valence-corrected chi connectivity index (χ2v) is 5.85. The van der Waals surface area contributed by atoms with Crippen LogP contribution in [0.3, 0.4) is 0 Å². The van der Waals surface area contributed by atoms with E-state index in [1.54, 1.807) is 18.5 Å². The molecule has 0 atom stereocenters. The minimum atomic E-state index is -0.189. The van der Waals surface area contributed by atoms with Gasteiger partial charge in [0.05, 0.1) is 24.1 Å². The van der Waals surface area contributed by atoms with E-state index in [0.717, 1.165) is 32.7 Å². The van der Waals surface area contributed by atoms with Crippen molar-refractivity contribution in [2.24, 2.45) is 0 Å². The Hall–Kier alpha value is -2.41. The SMILES string of the molecule is CCN1CCN(c2ncc(C(=O)NCc3ccco3)c(C)n2)CC1. The van der Waals surface area contributed by atoms with Crippen LogP contribution in [-0.4, -0.2) is 53.5 Å². The van der Waals surface area contributed by atoms with Crippen molar-refractivity contribution in [1.29, 1.82) is 0 Å². The fourth-order valence-electron chi connectivity index (χ4n) is 2.77. The standard InChI is InChI=1S/C17H23N5O2/c1-3-21-6-8-22(9-7-21)17-19-12-15(13(2)20-17)16(23)18-11-14-5-4-10-24-14/h4-5,10,12H,3,6-9,11H2,1-2H3,(H,18,23). The number of amides is 1. The van der Waals surface area contributed by atoms with Gasteiger partial charge < -0.3 is 19.5 Å². The lowest BCUT2D eigenvalue weighted by Crippen LogP contribution is -2.46. The Balaban J connectivity index is 1.63. The number of furan rings is 1. The fourth-order valence-corrected chi connectivity index (χ4v) is 2.77. The van der Waals surface area contributed by atoms with E-state index < -0.39 is 0 Å². The van der Waals surface area contributed by atoms with Gasteiger partial charge in [-0.2, -0.15) is 0 Å². The van der Waals surface area contributed by atoms with Gasteiger partial charge in [0.25, 0.3) is 5.91 Å². The second-order valence-electron chi connectivity index (χ2n) is 5.85. The highest BCUT2D eigenvalue weighted by Crippen LogP contribution is 2.14. The zero-order valence-corrected chi connectivity index (χ0v) is 14.2. The first kappa shape index (κ1) is 16.4. The van der Waals surface area contributed by atoms with Gasteiger partial charge in [-0.05, 0) is 25.6 Å². The molecule has 0 unspecified atom stereocenters. The lowest BCUT2D eigenvalue weighted by molar-refractivity contribution is 0.0946. The molecule has 1 aliphatic rings. The number of rotatable bonds is 5. The van der Waals surface area contributed by atoms with Crippen molar-refractivity contribution in [1.82, 2.24) is 20.2 Å². The Morgan fingerprint density at radius 3 is 2.75 bits per heavy atom. The van der Waals surface area contributed by atoms with E-state index in [0.29, 0.717) is 29.5 Å². The van der Waals surface area contributed by atoms with Gasteiger partial charge in [0, 0.05) is 32.4 Å². The summed E-state index contributed by atoms with van der Waals surface area (Å²) in [6.45, 7) is 9.31. The van der Waals surface area contributed by atoms with Crippen LogP contribution in [0.4, 0.5) is 5.95 Å². The van der Waals surface area contributed by atoms with Crippen molar-refractivity contribution in [3.05, 3.63) is 41.6 Å². The number of piperazine rings is 1. The molecule has 3 rings (SSSR count). The Morgan fingerprint density at radius 2 is 2.12 bits per heavy atom. The summed E-state index contributed by atoms with van der Waals surface area (Å²) in [5.41, 5.74) is 1.19. The van der Waals surface area contributed by atoms with Gasteiger partial charge in [0.2, 0.25) is 5.95 Å². The highest BCUT2D eigenvalue weighted by atomic mass is 16.3. The van der Waals surface area contributed by atoms with Crippen molar-refractivity contribution in [2.45, 2.75) is 20.4 Å². The maximum Gasteiger partial charge on any atom is 0.255 e. The van der Waals surface area contributed by atoms with E-state index in [1.165, 1.54) is 0 Å². The van der Waals surface area contributed by atoms with Gasteiger partial charge in [-0.25, -0.2) is 9.97 Å². The van der Waals surface area contributed by atoms with E-state index in [4.69, 9.17) is 4.42 Å². The van der Waals surface area contributed by atoms with Crippen LogP contribution >= 0.6 is 0 Å². The lowest BCUT2D eigenvalue weighted by Gasteiger charge is -2.34. The topological polar surface area (TPSA) is 74.5 Å². The molecular weight excluding hydrogens is 306 g/mol. The number of carbonyl (C=O) groups is 1. The summed E-state index contributed by atoms with van der Waals surface area (Å²) < 4.78 is 5.21. The van der Waals surface area contributed by atoms with Gasteiger partial charge in [0.15, 0.2) is 0 Å². The van der Waals surface area contributed by atoms with Crippen LogP contribution in [0.15, 0.2) is 29.0 Å². The maximum absolute atomic E-state index is 12.3. The van der Waals surface area contributed by atoms with Crippen LogP contribution in [0.25, 0.3) is 0 Å². The summed E-state index contributed by atoms with van der Waals surface area (Å²) in [6, 6.07) is 3.62. The first-order chi connectivity index (χ1) is 11.7. The number of likely N-dealkylation sites (N-methyl/N-ethyl adjacent to an activating group) is 1. The average Bonchev–Trinajstić information content (AvgIpc) is 3.13. The van der Waals surface area contributed by atoms with Crippen LogP contribution < -0.4 is 10.2 Å². The maximum atomic E-state index is 12.3. The lowest BCUT2D eigenvalue weighted by atomic mass is 10.2. The molecule has 3 heterocycles. The molecule has 1 N–H and O–H groups in total. The van der Waals surface area contributed by atoms with Crippen molar-refractivity contribution >= 4 is 11.9 Å². The second kappa shape index (κ2) is 7.44. The van der Waals surface area contributed by atoms with Gasteiger partial charge in [-0.3, -0.25) is 4.79 Å². The number of carbonyl (C=O) groups excluding carboxylic acids is 1. The first-order valence-corrected chi connectivity index (χ1v) is 8.29. The highest BCUT2D eigenvalue weighted by molar-refractivity contribution is 5.94. The Labute approximate surface area is 141 Å². The summed E-state index contributed by atoms with van der Waals surface area (Å²) in [7, 11) is 0. The molecule has 7 nitrogen and oxygen atoms in total. The van der Waals surface area contributed by atoms with E-state index in [1.807, 2.05) is 13.0 Å². The van der Waals surface area contributed by atoms with E-state index in [-0.39, 0.29) is 5.91 Å². The largest absolute Gasteiger partial charge is 0.467 e. The van der Waals surface area contributed by atoms with E-state index >= 15 is 0 Å². The Morgan fingerprint density at radius 1 is 1.33 bits per heavy atom. The molecule has 0 bridgehead atoms. The predicted molar refractivity (Wildman–Crippen MR) is 91.0 cm³/mol. The molecule has 1 saturated heterocycles. The monoisotopic (exact) mass is 329 g/mol. The van der Waals surface area contributed by atoms with Crippen molar-refractivity contribution in [3.8, 4) is 0 Å². The molecule has 128 valence electrons. The smallest absolute Gasteiger partial charge is 0.255 e. The summed E-state index contributed by atoms with van der Waals surface area (Å²) in [5, 5.41) is 2.82. The Kier molecular flexibility index (Phi) is 5.10. The molecule has 2 aromatic rings. The minimum Gasteiger partial charge on any atom is -0.467 e. The summed E-state index contributed by atoms with van der Waals surface area (Å²) >= 11 is 0. The van der Waals surface area contributed by atoms with Gasteiger partial charge in [0.1, 0.15) is 5.76 Å². The number of anilines is 1. The molecule has 1 fully saturated rings. The zero-order chi connectivity index (χ0) is 16.9. The van der Waals surface area contributed by atoms with Gasteiger partial charge in [-0.1, -0.05) is 6.92 Å². The third-order valence-corrected chi connectivity index (χ3v) is 4.32. The Bertz CT molecular complexity index is 678. The van der Waals surface area contributed by atoms with Crippen LogP contribution in [0, 0.1) is 6.92 Å². The van der Waals surface area contributed by atoms with E-state index in [2.05, 4.69) is 32.0 Å². The summed E-state index contributed by atoms with van der Waals surface area (Å²) in [6.07, 6.45) is 3.20. The molecule has 0 saturated carbocycles.